The van der Waals surface area contributed by atoms with E-state index >= 15 is 0 Å². The normalized spacial score (nSPS) is 10.8. The third-order valence-corrected chi connectivity index (χ3v) is 2.62. The predicted octanol–water partition coefficient (Wildman–Crippen LogP) is 0.850. The van der Waals surface area contributed by atoms with Crippen LogP contribution in [-0.4, -0.2) is 27.1 Å². The second-order valence-electron chi connectivity index (χ2n) is 3.91. The van der Waals surface area contributed by atoms with Gasteiger partial charge in [-0.05, 0) is 19.4 Å². The highest BCUT2D eigenvalue weighted by Gasteiger charge is 2.09. The van der Waals surface area contributed by atoms with E-state index in [1.54, 1.807) is 13.1 Å². The fourth-order valence-electron chi connectivity index (χ4n) is 1.74. The first-order chi connectivity index (χ1) is 8.63. The molecule has 0 bridgehead atoms. The van der Waals surface area contributed by atoms with E-state index in [1.165, 1.54) is 4.57 Å². The summed E-state index contributed by atoms with van der Waals surface area (Å²) < 4.78 is 6.06. The Bertz CT molecular complexity index is 627. The monoisotopic (exact) mass is 249 g/mol. The van der Waals surface area contributed by atoms with Crippen molar-refractivity contribution in [2.24, 2.45) is 0 Å². The summed E-state index contributed by atoms with van der Waals surface area (Å²) in [5.41, 5.74) is 1.10. The molecule has 0 unspecified atom stereocenters. The molecule has 0 aliphatic rings. The number of fused-ring (bicyclic) bond motifs is 1. The summed E-state index contributed by atoms with van der Waals surface area (Å²) in [5, 5.41) is 0.816. The Labute approximate surface area is 104 Å². The zero-order valence-corrected chi connectivity index (χ0v) is 10.4. The number of H-pyrrole nitrogens is 1. The van der Waals surface area contributed by atoms with Crippen LogP contribution in [0.25, 0.3) is 11.0 Å². The molecule has 6 heteroatoms. The number of carbonyl (C=O) groups excluding carboxylic acids is 1. The molecule has 0 aromatic carbocycles. The number of nitrogens with one attached hydrogen (secondary N) is 1. The first-order valence-electron chi connectivity index (χ1n) is 5.88. The van der Waals surface area contributed by atoms with Gasteiger partial charge in [0.1, 0.15) is 12.2 Å². The largest absolute Gasteiger partial charge is 0.465 e. The lowest BCUT2D eigenvalue weighted by atomic mass is 10.3. The van der Waals surface area contributed by atoms with Crippen LogP contribution in [0.3, 0.4) is 0 Å². The van der Waals surface area contributed by atoms with Crippen molar-refractivity contribution >= 4 is 17.0 Å². The fourth-order valence-corrected chi connectivity index (χ4v) is 1.74. The number of hydrogen-bond donors (Lipinski definition) is 1. The standard InChI is InChI=1S/C12H15N3O3/c1-3-9-5-8-6-15(7-10(16)18-4-2)12(17)14-11(8)13-9/h5-6H,3-4,7H2,1-2H3,(H,13,14,17). The molecular formula is C12H15N3O3. The fraction of sp³-hybridized carbons (Fsp3) is 0.417. The van der Waals surface area contributed by atoms with Gasteiger partial charge in [0.05, 0.1) is 6.61 Å². The van der Waals surface area contributed by atoms with Crippen molar-refractivity contribution in [1.82, 2.24) is 14.5 Å². The SMILES string of the molecule is CCOC(=O)Cn1cc2cc(CC)[nH]c2nc1=O. The molecule has 0 fully saturated rings. The number of aromatic amines is 1. The van der Waals surface area contributed by atoms with Crippen molar-refractivity contribution in [3.05, 3.63) is 28.4 Å². The van der Waals surface area contributed by atoms with E-state index in [9.17, 15) is 9.59 Å². The van der Waals surface area contributed by atoms with Gasteiger partial charge < -0.3 is 9.72 Å². The molecule has 2 aromatic heterocycles. The third-order valence-electron chi connectivity index (χ3n) is 2.62. The minimum atomic E-state index is -0.458. The zero-order valence-electron chi connectivity index (χ0n) is 10.4. The number of nitrogens with zero attached hydrogens (tertiary/aromatic N) is 2. The number of hydrogen-bond acceptors (Lipinski definition) is 4. The van der Waals surface area contributed by atoms with Crippen LogP contribution >= 0.6 is 0 Å². The molecule has 0 atom stereocenters. The second kappa shape index (κ2) is 5.03. The van der Waals surface area contributed by atoms with Crippen LogP contribution in [0.15, 0.2) is 17.1 Å². The van der Waals surface area contributed by atoms with Crippen molar-refractivity contribution in [3.8, 4) is 0 Å². The van der Waals surface area contributed by atoms with Gasteiger partial charge in [0.25, 0.3) is 0 Å². The third kappa shape index (κ3) is 2.42. The van der Waals surface area contributed by atoms with Crippen LogP contribution in [0.5, 0.6) is 0 Å². The maximum Gasteiger partial charge on any atom is 0.350 e. The van der Waals surface area contributed by atoms with Crippen LogP contribution in [0.4, 0.5) is 0 Å². The minimum absolute atomic E-state index is 0.109. The molecule has 2 heterocycles. The summed E-state index contributed by atoms with van der Waals surface area (Å²) in [6, 6.07) is 1.92. The summed E-state index contributed by atoms with van der Waals surface area (Å²) in [5.74, 6) is -0.438. The van der Waals surface area contributed by atoms with Gasteiger partial charge in [-0.15, -0.1) is 0 Å². The Morgan fingerprint density at radius 3 is 2.94 bits per heavy atom. The highest BCUT2D eigenvalue weighted by Crippen LogP contribution is 2.11. The van der Waals surface area contributed by atoms with E-state index in [-0.39, 0.29) is 6.54 Å². The highest BCUT2D eigenvalue weighted by molar-refractivity contribution is 5.76. The van der Waals surface area contributed by atoms with E-state index in [2.05, 4.69) is 9.97 Å². The van der Waals surface area contributed by atoms with Crippen molar-refractivity contribution in [1.29, 1.82) is 0 Å². The molecule has 2 rings (SSSR count). The predicted molar refractivity (Wildman–Crippen MR) is 66.4 cm³/mol. The smallest absolute Gasteiger partial charge is 0.350 e. The molecule has 2 aromatic rings. The Balaban J connectivity index is 2.36. The average Bonchev–Trinajstić information content (AvgIpc) is 2.72. The molecule has 0 spiro atoms. The Morgan fingerprint density at radius 1 is 1.50 bits per heavy atom. The lowest BCUT2D eigenvalue weighted by Gasteiger charge is -2.04. The summed E-state index contributed by atoms with van der Waals surface area (Å²) in [7, 11) is 0. The van der Waals surface area contributed by atoms with E-state index in [1.807, 2.05) is 13.0 Å². The average molecular weight is 249 g/mol. The topological polar surface area (TPSA) is 77.0 Å². The number of aryl methyl sites for hydroxylation is 1. The number of ether oxygens (including phenoxy) is 1. The van der Waals surface area contributed by atoms with Crippen LogP contribution in [0.2, 0.25) is 0 Å². The molecule has 0 aliphatic carbocycles. The molecule has 18 heavy (non-hydrogen) atoms. The van der Waals surface area contributed by atoms with Crippen LogP contribution < -0.4 is 5.69 Å². The van der Waals surface area contributed by atoms with Gasteiger partial charge in [0.2, 0.25) is 0 Å². The molecule has 1 N–H and O–H groups in total. The van der Waals surface area contributed by atoms with Gasteiger partial charge >= 0.3 is 11.7 Å². The lowest BCUT2D eigenvalue weighted by molar-refractivity contribution is -0.143. The van der Waals surface area contributed by atoms with Gasteiger partial charge in [-0.2, -0.15) is 4.98 Å². The van der Waals surface area contributed by atoms with Crippen molar-refractivity contribution in [2.75, 3.05) is 6.61 Å². The lowest BCUT2D eigenvalue weighted by Crippen LogP contribution is -2.26. The number of carbonyl (C=O) groups is 1. The first-order valence-corrected chi connectivity index (χ1v) is 5.88. The number of esters is 1. The molecule has 6 nitrogen and oxygen atoms in total. The molecule has 0 radical (unpaired) electrons. The molecule has 0 saturated carbocycles. The number of aromatic nitrogens is 3. The van der Waals surface area contributed by atoms with Crippen LogP contribution in [0.1, 0.15) is 19.5 Å². The summed E-state index contributed by atoms with van der Waals surface area (Å²) >= 11 is 0. The molecule has 0 amide bonds. The van der Waals surface area contributed by atoms with Crippen molar-refractivity contribution < 1.29 is 9.53 Å². The van der Waals surface area contributed by atoms with E-state index in [0.717, 1.165) is 17.5 Å². The van der Waals surface area contributed by atoms with Crippen LogP contribution in [-0.2, 0) is 22.5 Å². The second-order valence-corrected chi connectivity index (χ2v) is 3.91. The van der Waals surface area contributed by atoms with Crippen LogP contribution in [0, 0.1) is 0 Å². The maximum absolute atomic E-state index is 11.7. The van der Waals surface area contributed by atoms with Crippen molar-refractivity contribution in [2.45, 2.75) is 26.8 Å². The van der Waals surface area contributed by atoms with Crippen molar-refractivity contribution in [3.63, 3.8) is 0 Å². The highest BCUT2D eigenvalue weighted by atomic mass is 16.5. The Kier molecular flexibility index (Phi) is 3.45. The van der Waals surface area contributed by atoms with Gasteiger partial charge in [-0.3, -0.25) is 9.36 Å². The molecule has 0 aliphatic heterocycles. The van der Waals surface area contributed by atoms with E-state index in [4.69, 9.17) is 4.74 Å². The maximum atomic E-state index is 11.7. The summed E-state index contributed by atoms with van der Waals surface area (Å²) in [4.78, 5) is 30.0. The molecule has 96 valence electrons. The summed E-state index contributed by atoms with van der Waals surface area (Å²) in [6.07, 6.45) is 2.46. The zero-order chi connectivity index (χ0) is 13.1. The first kappa shape index (κ1) is 12.3. The van der Waals surface area contributed by atoms with E-state index in [0.29, 0.717) is 12.3 Å². The van der Waals surface area contributed by atoms with Gasteiger partial charge in [0, 0.05) is 17.3 Å². The van der Waals surface area contributed by atoms with Gasteiger partial charge in [0.15, 0.2) is 0 Å². The Hall–Kier alpha value is -2.11. The van der Waals surface area contributed by atoms with Gasteiger partial charge in [-0.25, -0.2) is 4.79 Å². The Morgan fingerprint density at radius 2 is 2.28 bits per heavy atom. The van der Waals surface area contributed by atoms with E-state index < -0.39 is 11.7 Å². The minimum Gasteiger partial charge on any atom is -0.465 e. The summed E-state index contributed by atoms with van der Waals surface area (Å²) in [6.45, 7) is 3.92. The van der Waals surface area contributed by atoms with Gasteiger partial charge in [-0.1, -0.05) is 6.92 Å². The number of rotatable bonds is 4. The molecule has 0 saturated heterocycles. The molecular weight excluding hydrogens is 234 g/mol. The quantitative estimate of drug-likeness (QED) is 0.815.